The third kappa shape index (κ3) is 6.37. The van der Waals surface area contributed by atoms with E-state index in [1.807, 2.05) is 18.2 Å². The zero-order valence-electron chi connectivity index (χ0n) is 17.2. The van der Waals surface area contributed by atoms with Crippen molar-refractivity contribution < 1.29 is 0 Å². The van der Waals surface area contributed by atoms with Crippen molar-refractivity contribution in [1.82, 2.24) is 0 Å². The van der Waals surface area contributed by atoms with Crippen molar-refractivity contribution in [1.29, 1.82) is 0 Å². The molecule has 0 aliphatic heterocycles. The quantitative estimate of drug-likeness (QED) is 0.467. The summed E-state index contributed by atoms with van der Waals surface area (Å²) >= 11 is 0. The molecule has 0 atom stereocenters. The summed E-state index contributed by atoms with van der Waals surface area (Å²) in [6.07, 6.45) is 23.6. The van der Waals surface area contributed by atoms with Crippen molar-refractivity contribution in [3.63, 3.8) is 0 Å². The van der Waals surface area contributed by atoms with E-state index in [2.05, 4.69) is 19.1 Å². The van der Waals surface area contributed by atoms with Gasteiger partial charge in [0.1, 0.15) is 0 Å². The molecule has 3 saturated carbocycles. The Labute approximate surface area is 164 Å². The van der Waals surface area contributed by atoms with Gasteiger partial charge < -0.3 is 0 Å². The van der Waals surface area contributed by atoms with Crippen LogP contribution in [0.15, 0.2) is 30.3 Å². The fourth-order valence-corrected chi connectivity index (χ4v) is 10.2. The molecule has 0 aromatic heterocycles. The number of rotatable bonds is 3. The first-order valence-corrected chi connectivity index (χ1v) is 13.2. The maximum Gasteiger partial charge on any atom is -0.0204 e. The monoisotopic (exact) mass is 372 g/mol. The predicted molar refractivity (Wildman–Crippen MR) is 119 cm³/mol. The molecule has 146 valence electrons. The van der Waals surface area contributed by atoms with E-state index in [0.717, 1.165) is 0 Å². The highest BCUT2D eigenvalue weighted by Gasteiger charge is 2.36. The van der Waals surface area contributed by atoms with Gasteiger partial charge in [-0.05, 0) is 62.4 Å². The topological polar surface area (TPSA) is 0 Å². The molecular weight excluding hydrogens is 331 g/mol. The van der Waals surface area contributed by atoms with Gasteiger partial charge in [-0.2, -0.15) is 0 Å². The lowest BCUT2D eigenvalue weighted by atomic mass is 9.99. The van der Waals surface area contributed by atoms with E-state index in [9.17, 15) is 0 Å². The summed E-state index contributed by atoms with van der Waals surface area (Å²) in [6, 6.07) is 10.3. The van der Waals surface area contributed by atoms with Crippen molar-refractivity contribution in [2.45, 2.75) is 120 Å². The largest absolute Gasteiger partial charge is 0.0971 e. The molecule has 3 aliphatic carbocycles. The van der Waals surface area contributed by atoms with Crippen molar-refractivity contribution in [2.24, 2.45) is 0 Å². The van der Waals surface area contributed by atoms with Crippen LogP contribution < -0.4 is 0 Å². The van der Waals surface area contributed by atoms with Gasteiger partial charge in [0.25, 0.3) is 0 Å². The molecule has 1 aromatic rings. The van der Waals surface area contributed by atoms with E-state index in [1.165, 1.54) is 41.8 Å². The standard InChI is InChI=1S/C18H33P.C7H8/c1-4-10-16(11-5-1)19(17-12-6-2-7-13-17)18-14-8-3-9-15-18;1-7-5-3-2-4-6-7/h16-18H,1-15H2;2-6H,1H3. The smallest absolute Gasteiger partial charge is 0.0204 e. The van der Waals surface area contributed by atoms with Crippen molar-refractivity contribution in [3.8, 4) is 0 Å². The summed E-state index contributed by atoms with van der Waals surface area (Å²) in [5.41, 5.74) is 4.89. The highest BCUT2D eigenvalue weighted by atomic mass is 31.1. The summed E-state index contributed by atoms with van der Waals surface area (Å²) < 4.78 is 0. The minimum Gasteiger partial charge on any atom is -0.0971 e. The first kappa shape index (κ1) is 20.4. The Balaban J connectivity index is 0.000000236. The number of aryl methyl sites for hydroxylation is 1. The van der Waals surface area contributed by atoms with Crippen LogP contribution in [0, 0.1) is 6.92 Å². The molecule has 26 heavy (non-hydrogen) atoms. The van der Waals surface area contributed by atoms with Gasteiger partial charge in [-0.15, -0.1) is 0 Å². The molecule has 0 saturated heterocycles. The minimum absolute atomic E-state index is 0.385. The first-order chi connectivity index (χ1) is 12.8. The highest BCUT2D eigenvalue weighted by Crippen LogP contribution is 2.61. The highest BCUT2D eigenvalue weighted by molar-refractivity contribution is 7.60. The fraction of sp³-hybridized carbons (Fsp3) is 0.760. The second-order valence-corrected chi connectivity index (χ2v) is 12.1. The Morgan fingerprint density at radius 1 is 0.538 bits per heavy atom. The minimum atomic E-state index is 0.385. The third-order valence-corrected chi connectivity index (χ3v) is 11.0. The van der Waals surface area contributed by atoms with Crippen LogP contribution in [0.4, 0.5) is 0 Å². The van der Waals surface area contributed by atoms with E-state index < -0.39 is 0 Å². The predicted octanol–water partition coefficient (Wildman–Crippen LogP) is 8.46. The maximum absolute atomic E-state index is 2.08. The van der Waals surface area contributed by atoms with Crippen LogP contribution in [0.25, 0.3) is 0 Å². The van der Waals surface area contributed by atoms with Gasteiger partial charge in [0.2, 0.25) is 0 Å². The van der Waals surface area contributed by atoms with Gasteiger partial charge in [-0.1, -0.05) is 102 Å². The van der Waals surface area contributed by atoms with Crippen LogP contribution >= 0.6 is 7.92 Å². The number of benzene rings is 1. The van der Waals surface area contributed by atoms with E-state index in [4.69, 9.17) is 0 Å². The van der Waals surface area contributed by atoms with E-state index in [1.54, 1.807) is 77.0 Å². The summed E-state index contributed by atoms with van der Waals surface area (Å²) in [5, 5.41) is 0. The Morgan fingerprint density at radius 2 is 0.885 bits per heavy atom. The summed E-state index contributed by atoms with van der Waals surface area (Å²) in [5.74, 6) is 0. The van der Waals surface area contributed by atoms with Crippen LogP contribution in [-0.4, -0.2) is 17.0 Å². The Kier molecular flexibility index (Phi) is 9.00. The SMILES string of the molecule is C1CCC(P(C2CCCCC2)C2CCCCC2)CC1.Cc1ccccc1. The number of hydrogen-bond donors (Lipinski definition) is 0. The summed E-state index contributed by atoms with van der Waals surface area (Å²) in [4.78, 5) is 0. The molecule has 1 aromatic carbocycles. The molecule has 3 fully saturated rings. The Bertz CT molecular complexity index is 421. The van der Waals surface area contributed by atoms with Crippen LogP contribution in [0.5, 0.6) is 0 Å². The first-order valence-electron chi connectivity index (χ1n) is 11.6. The van der Waals surface area contributed by atoms with Gasteiger partial charge in [0.05, 0.1) is 0 Å². The van der Waals surface area contributed by atoms with Crippen LogP contribution in [0.3, 0.4) is 0 Å². The average Bonchev–Trinajstić information content (AvgIpc) is 2.72. The summed E-state index contributed by atoms with van der Waals surface area (Å²) in [6.45, 7) is 2.08. The fourth-order valence-electron chi connectivity index (χ4n) is 5.57. The number of hydrogen-bond acceptors (Lipinski definition) is 0. The molecule has 0 radical (unpaired) electrons. The zero-order chi connectivity index (χ0) is 18.0. The lowest BCUT2D eigenvalue weighted by molar-refractivity contribution is 0.460. The van der Waals surface area contributed by atoms with Crippen molar-refractivity contribution >= 4 is 7.92 Å². The van der Waals surface area contributed by atoms with Gasteiger partial charge in [-0.25, -0.2) is 0 Å². The molecule has 0 amide bonds. The zero-order valence-corrected chi connectivity index (χ0v) is 18.1. The molecule has 0 nitrogen and oxygen atoms in total. The Morgan fingerprint density at radius 3 is 1.15 bits per heavy atom. The van der Waals surface area contributed by atoms with Gasteiger partial charge in [-0.3, -0.25) is 0 Å². The maximum atomic E-state index is 2.08. The second kappa shape index (κ2) is 11.5. The van der Waals surface area contributed by atoms with E-state index >= 15 is 0 Å². The normalized spacial score (nSPS) is 23.5. The third-order valence-electron chi connectivity index (χ3n) is 6.93. The van der Waals surface area contributed by atoms with Crippen molar-refractivity contribution in [3.05, 3.63) is 35.9 Å². The molecule has 0 unspecified atom stereocenters. The molecule has 0 N–H and O–H groups in total. The lowest BCUT2D eigenvalue weighted by Crippen LogP contribution is -2.28. The van der Waals surface area contributed by atoms with Crippen molar-refractivity contribution in [2.75, 3.05) is 0 Å². The summed E-state index contributed by atoms with van der Waals surface area (Å²) in [7, 11) is 0.385. The lowest BCUT2D eigenvalue weighted by Gasteiger charge is -2.44. The molecule has 0 spiro atoms. The van der Waals surface area contributed by atoms with E-state index in [0.29, 0.717) is 7.92 Å². The van der Waals surface area contributed by atoms with Gasteiger partial charge >= 0.3 is 0 Å². The van der Waals surface area contributed by atoms with Crippen LogP contribution in [0.2, 0.25) is 0 Å². The molecule has 0 bridgehead atoms. The van der Waals surface area contributed by atoms with Crippen LogP contribution in [0.1, 0.15) is 102 Å². The van der Waals surface area contributed by atoms with Gasteiger partial charge in [0.15, 0.2) is 0 Å². The van der Waals surface area contributed by atoms with E-state index in [-0.39, 0.29) is 0 Å². The average molecular weight is 373 g/mol. The Hall–Kier alpha value is -0.350. The molecular formula is C25H41P. The molecule has 0 heterocycles. The molecule has 3 aliphatic rings. The second-order valence-electron chi connectivity index (χ2n) is 8.98. The molecule has 4 rings (SSSR count). The molecule has 1 heteroatoms. The van der Waals surface area contributed by atoms with Gasteiger partial charge in [0, 0.05) is 0 Å². The van der Waals surface area contributed by atoms with Crippen LogP contribution in [-0.2, 0) is 0 Å².